The maximum absolute atomic E-state index is 12.9. The zero-order valence-corrected chi connectivity index (χ0v) is 7.38. The fourth-order valence-electron chi connectivity index (χ4n) is 1.11. The van der Waals surface area contributed by atoms with Crippen LogP contribution >= 0.6 is 23.2 Å². The average Bonchev–Trinajstić information content (AvgIpc) is 2.39. The third kappa shape index (κ3) is 1.08. The molecule has 0 radical (unpaired) electrons. The Labute approximate surface area is 78.1 Å². The highest BCUT2D eigenvalue weighted by atomic mass is 35.5. The molecule has 0 spiro atoms. The largest absolute Gasteiger partial charge is 0.346 e. The molecule has 0 bridgehead atoms. The van der Waals surface area contributed by atoms with Crippen molar-refractivity contribution in [3.63, 3.8) is 0 Å². The SMILES string of the molecule is Fc1ccc2[nH]c(Cl)cc2c1Cl. The molecule has 1 aromatic carbocycles. The summed E-state index contributed by atoms with van der Waals surface area (Å²) in [7, 11) is 0. The van der Waals surface area contributed by atoms with Gasteiger partial charge in [0.25, 0.3) is 0 Å². The maximum atomic E-state index is 12.9. The lowest BCUT2D eigenvalue weighted by molar-refractivity contribution is 0.630. The number of hydrogen-bond donors (Lipinski definition) is 1. The van der Waals surface area contributed by atoms with E-state index >= 15 is 0 Å². The highest BCUT2D eigenvalue weighted by Crippen LogP contribution is 2.28. The second-order valence-electron chi connectivity index (χ2n) is 2.44. The van der Waals surface area contributed by atoms with E-state index in [1.54, 1.807) is 12.1 Å². The molecule has 4 heteroatoms. The molecule has 0 amide bonds. The normalized spacial score (nSPS) is 10.9. The minimum Gasteiger partial charge on any atom is -0.346 e. The standard InChI is InChI=1S/C8H4Cl2FN/c9-7-3-4-6(12-7)2-1-5(11)8(4)10/h1-3,12H. The van der Waals surface area contributed by atoms with Crippen molar-refractivity contribution in [2.75, 3.05) is 0 Å². The van der Waals surface area contributed by atoms with Crippen LogP contribution in [0.4, 0.5) is 4.39 Å². The zero-order chi connectivity index (χ0) is 8.72. The van der Waals surface area contributed by atoms with Gasteiger partial charge >= 0.3 is 0 Å². The summed E-state index contributed by atoms with van der Waals surface area (Å²) in [5.41, 5.74) is 0.742. The molecule has 0 aliphatic rings. The number of nitrogens with one attached hydrogen (secondary N) is 1. The van der Waals surface area contributed by atoms with Crippen molar-refractivity contribution in [2.24, 2.45) is 0 Å². The first-order valence-corrected chi connectivity index (χ1v) is 4.06. The smallest absolute Gasteiger partial charge is 0.142 e. The van der Waals surface area contributed by atoms with Crippen LogP contribution in [0.5, 0.6) is 0 Å². The van der Waals surface area contributed by atoms with Gasteiger partial charge in [-0.1, -0.05) is 23.2 Å². The van der Waals surface area contributed by atoms with Crippen LogP contribution < -0.4 is 0 Å². The molecular formula is C8H4Cl2FN. The van der Waals surface area contributed by atoms with Crippen LogP contribution in [0.15, 0.2) is 18.2 Å². The summed E-state index contributed by atoms with van der Waals surface area (Å²) in [5, 5.41) is 1.18. The summed E-state index contributed by atoms with van der Waals surface area (Å²) in [6.45, 7) is 0. The molecule has 0 saturated heterocycles. The van der Waals surface area contributed by atoms with Crippen LogP contribution in [0.25, 0.3) is 10.9 Å². The first-order chi connectivity index (χ1) is 5.68. The lowest BCUT2D eigenvalue weighted by Crippen LogP contribution is -1.76. The number of aromatic amines is 1. The van der Waals surface area contributed by atoms with Gasteiger partial charge in [-0.15, -0.1) is 0 Å². The molecule has 0 saturated carbocycles. The molecule has 2 rings (SSSR count). The molecule has 0 fully saturated rings. The van der Waals surface area contributed by atoms with Crippen LogP contribution in [0.2, 0.25) is 10.2 Å². The van der Waals surface area contributed by atoms with Gasteiger partial charge < -0.3 is 4.98 Å². The summed E-state index contributed by atoms with van der Waals surface area (Å²) in [5.74, 6) is -0.431. The van der Waals surface area contributed by atoms with E-state index in [9.17, 15) is 4.39 Å². The van der Waals surface area contributed by atoms with E-state index in [1.807, 2.05) is 0 Å². The second kappa shape index (κ2) is 2.64. The molecule has 1 aromatic heterocycles. The summed E-state index contributed by atoms with van der Waals surface area (Å²) in [6.07, 6.45) is 0. The number of halogens is 3. The van der Waals surface area contributed by atoms with Crippen LogP contribution in [-0.4, -0.2) is 4.98 Å². The fraction of sp³-hybridized carbons (Fsp3) is 0. The van der Waals surface area contributed by atoms with Gasteiger partial charge in [0, 0.05) is 10.9 Å². The van der Waals surface area contributed by atoms with Crippen LogP contribution in [-0.2, 0) is 0 Å². The monoisotopic (exact) mass is 203 g/mol. The highest BCUT2D eigenvalue weighted by Gasteiger charge is 2.06. The zero-order valence-electron chi connectivity index (χ0n) is 5.87. The van der Waals surface area contributed by atoms with E-state index in [1.165, 1.54) is 6.07 Å². The van der Waals surface area contributed by atoms with Crippen molar-refractivity contribution in [1.29, 1.82) is 0 Å². The third-order valence-electron chi connectivity index (χ3n) is 1.66. The van der Waals surface area contributed by atoms with Gasteiger partial charge in [-0.25, -0.2) is 4.39 Å². The van der Waals surface area contributed by atoms with Gasteiger partial charge in [-0.05, 0) is 18.2 Å². The van der Waals surface area contributed by atoms with Gasteiger partial charge in [0.05, 0.1) is 5.02 Å². The van der Waals surface area contributed by atoms with E-state index in [0.29, 0.717) is 10.5 Å². The maximum Gasteiger partial charge on any atom is 0.142 e. The van der Waals surface area contributed by atoms with E-state index in [4.69, 9.17) is 23.2 Å². The number of rotatable bonds is 0. The van der Waals surface area contributed by atoms with E-state index < -0.39 is 5.82 Å². The van der Waals surface area contributed by atoms with Crippen molar-refractivity contribution in [1.82, 2.24) is 4.98 Å². The van der Waals surface area contributed by atoms with Crippen LogP contribution in [0, 0.1) is 5.82 Å². The molecular weight excluding hydrogens is 200 g/mol. The van der Waals surface area contributed by atoms with Crippen LogP contribution in [0.3, 0.4) is 0 Å². The summed E-state index contributed by atoms with van der Waals surface area (Å²) in [6, 6.07) is 4.50. The lowest BCUT2D eigenvalue weighted by Gasteiger charge is -1.93. The number of hydrogen-bond acceptors (Lipinski definition) is 0. The summed E-state index contributed by atoms with van der Waals surface area (Å²) in [4.78, 5) is 2.84. The predicted molar refractivity (Wildman–Crippen MR) is 48.3 cm³/mol. The minimum absolute atomic E-state index is 0.107. The van der Waals surface area contributed by atoms with Crippen molar-refractivity contribution >= 4 is 34.1 Å². The van der Waals surface area contributed by atoms with Crippen molar-refractivity contribution < 1.29 is 4.39 Å². The Balaban J connectivity index is 2.89. The van der Waals surface area contributed by atoms with E-state index in [2.05, 4.69) is 4.98 Å². The molecule has 12 heavy (non-hydrogen) atoms. The predicted octanol–water partition coefficient (Wildman–Crippen LogP) is 3.61. The van der Waals surface area contributed by atoms with Gasteiger partial charge in [-0.2, -0.15) is 0 Å². The van der Waals surface area contributed by atoms with Crippen molar-refractivity contribution in [2.45, 2.75) is 0 Å². The topological polar surface area (TPSA) is 15.8 Å². The molecule has 0 aliphatic carbocycles. The minimum atomic E-state index is -0.431. The first kappa shape index (κ1) is 7.90. The van der Waals surface area contributed by atoms with Gasteiger partial charge in [0.15, 0.2) is 0 Å². The molecule has 2 aromatic rings. The Bertz CT molecular complexity index is 436. The Kier molecular flexibility index (Phi) is 1.74. The van der Waals surface area contributed by atoms with Gasteiger partial charge in [-0.3, -0.25) is 0 Å². The number of fused-ring (bicyclic) bond motifs is 1. The molecule has 0 aliphatic heterocycles. The Morgan fingerprint density at radius 2 is 2.00 bits per heavy atom. The first-order valence-electron chi connectivity index (χ1n) is 3.30. The lowest BCUT2D eigenvalue weighted by atomic mass is 10.2. The highest BCUT2D eigenvalue weighted by molar-refractivity contribution is 6.37. The number of benzene rings is 1. The van der Waals surface area contributed by atoms with Gasteiger partial charge in [0.2, 0.25) is 0 Å². The molecule has 0 atom stereocenters. The van der Waals surface area contributed by atoms with Crippen LogP contribution in [0.1, 0.15) is 0 Å². The fourth-order valence-corrected chi connectivity index (χ4v) is 1.54. The van der Waals surface area contributed by atoms with E-state index in [0.717, 1.165) is 5.52 Å². The molecule has 0 unspecified atom stereocenters. The van der Waals surface area contributed by atoms with Crippen molar-refractivity contribution in [3.05, 3.63) is 34.2 Å². The summed E-state index contributed by atoms with van der Waals surface area (Å²) >= 11 is 11.4. The Morgan fingerprint density at radius 3 is 2.75 bits per heavy atom. The van der Waals surface area contributed by atoms with Gasteiger partial charge in [0.1, 0.15) is 11.0 Å². The molecule has 1 nitrogen and oxygen atoms in total. The summed E-state index contributed by atoms with van der Waals surface area (Å²) < 4.78 is 12.9. The van der Waals surface area contributed by atoms with E-state index in [-0.39, 0.29) is 5.02 Å². The number of aromatic nitrogens is 1. The Morgan fingerprint density at radius 1 is 1.25 bits per heavy atom. The van der Waals surface area contributed by atoms with Crippen molar-refractivity contribution in [3.8, 4) is 0 Å². The quantitative estimate of drug-likeness (QED) is 0.674. The average molecular weight is 204 g/mol. The second-order valence-corrected chi connectivity index (χ2v) is 3.23. The molecule has 62 valence electrons. The molecule has 1 N–H and O–H groups in total. The number of H-pyrrole nitrogens is 1. The molecule has 1 heterocycles. The third-order valence-corrected chi connectivity index (χ3v) is 2.25. The Hall–Kier alpha value is -0.730.